The molecule has 0 heterocycles. The maximum atomic E-state index is 2.73. The van der Waals surface area contributed by atoms with E-state index < -0.39 is 0 Å². The maximum Gasteiger partial charge on any atom is 0.0233 e. The fourth-order valence-corrected chi connectivity index (χ4v) is 6.16. The first-order valence-electron chi connectivity index (χ1n) is 18.3. The van der Waals surface area contributed by atoms with E-state index in [1.54, 1.807) is 0 Å². The summed E-state index contributed by atoms with van der Waals surface area (Å²) in [6, 6.07) is 18.8. The van der Waals surface area contributed by atoms with Crippen molar-refractivity contribution in [3.63, 3.8) is 0 Å². The van der Waals surface area contributed by atoms with Gasteiger partial charge in [0, 0.05) is 13.1 Å². The summed E-state index contributed by atoms with van der Waals surface area (Å²) in [4.78, 5) is 5.46. The maximum absolute atomic E-state index is 2.73. The molecule has 0 aliphatic rings. The summed E-state index contributed by atoms with van der Waals surface area (Å²) in [6.07, 6.45) is 24.4. The number of hydrogen-bond acceptors (Lipinski definition) is 2. The molecule has 0 saturated carbocycles. The van der Waals surface area contributed by atoms with Gasteiger partial charge in [0.25, 0.3) is 0 Å². The third-order valence-electron chi connectivity index (χ3n) is 8.81. The molecule has 0 radical (unpaired) electrons. The normalized spacial score (nSPS) is 11.7. The Hall–Kier alpha value is -1.64. The van der Waals surface area contributed by atoms with Gasteiger partial charge in [-0.3, -0.25) is 9.80 Å². The number of unbranched alkanes of at least 4 members (excludes halogenated alkanes) is 14. The lowest BCUT2D eigenvalue weighted by molar-refractivity contribution is 0.252. The summed E-state index contributed by atoms with van der Waals surface area (Å²) in [7, 11) is 0. The van der Waals surface area contributed by atoms with Gasteiger partial charge in [0.05, 0.1) is 0 Å². The van der Waals surface area contributed by atoms with E-state index in [-0.39, 0.29) is 0 Å². The molecule has 0 atom stereocenters. The summed E-state index contributed by atoms with van der Waals surface area (Å²) in [5.41, 5.74) is 5.67. The number of nitrogens with zero attached hydrogens (tertiary/aromatic N) is 2. The lowest BCUT2D eigenvalue weighted by atomic mass is 10.0. The van der Waals surface area contributed by atoms with Crippen LogP contribution in [-0.4, -0.2) is 36.0 Å². The van der Waals surface area contributed by atoms with Crippen molar-refractivity contribution < 1.29 is 0 Å². The summed E-state index contributed by atoms with van der Waals surface area (Å²) < 4.78 is 0. The topological polar surface area (TPSA) is 6.48 Å². The van der Waals surface area contributed by atoms with Gasteiger partial charge in [0.2, 0.25) is 0 Å². The predicted octanol–water partition coefficient (Wildman–Crippen LogP) is 12.1. The molecule has 2 aromatic carbocycles. The molecule has 238 valence electrons. The quantitative estimate of drug-likeness (QED) is 0.0976. The molecule has 0 bridgehead atoms. The monoisotopic (exact) mass is 577 g/mol. The summed E-state index contributed by atoms with van der Waals surface area (Å²) in [5.74, 6) is 0. The molecule has 42 heavy (non-hydrogen) atoms. The van der Waals surface area contributed by atoms with Crippen LogP contribution in [0, 0.1) is 0 Å². The molecule has 0 saturated heterocycles. The van der Waals surface area contributed by atoms with E-state index in [9.17, 15) is 0 Å². The van der Waals surface area contributed by atoms with Crippen molar-refractivity contribution in [2.45, 2.75) is 156 Å². The highest BCUT2D eigenvalue weighted by Crippen LogP contribution is 2.24. The minimum Gasteiger partial charge on any atom is -0.299 e. The van der Waals surface area contributed by atoms with E-state index in [2.05, 4.69) is 86.0 Å². The summed E-state index contributed by atoms with van der Waals surface area (Å²) in [5, 5.41) is 0. The van der Waals surface area contributed by atoms with Crippen LogP contribution in [0.15, 0.2) is 48.5 Å². The molecule has 0 aliphatic carbocycles. The lowest BCUT2D eigenvalue weighted by Crippen LogP contribution is -2.26. The molecular formula is C40H68N2. The van der Waals surface area contributed by atoms with E-state index in [4.69, 9.17) is 0 Å². The van der Waals surface area contributed by atoms with Crippen LogP contribution in [0.1, 0.15) is 154 Å². The van der Waals surface area contributed by atoms with E-state index in [1.165, 1.54) is 164 Å². The summed E-state index contributed by atoms with van der Waals surface area (Å²) >= 11 is 0. The number of rotatable bonds is 27. The van der Waals surface area contributed by atoms with Crippen molar-refractivity contribution in [1.29, 1.82) is 0 Å². The molecule has 2 rings (SSSR count). The molecule has 2 aromatic rings. The van der Waals surface area contributed by atoms with Gasteiger partial charge in [-0.1, -0.05) is 154 Å². The zero-order valence-electron chi connectivity index (χ0n) is 28.5. The highest BCUT2D eigenvalue weighted by atomic mass is 15.1. The third-order valence-corrected chi connectivity index (χ3v) is 8.81. The Kier molecular flexibility index (Phi) is 21.6. The van der Waals surface area contributed by atoms with Gasteiger partial charge in [-0.25, -0.2) is 0 Å². The van der Waals surface area contributed by atoms with Gasteiger partial charge in [-0.15, -0.1) is 0 Å². The van der Waals surface area contributed by atoms with Crippen LogP contribution in [0.4, 0.5) is 0 Å². The lowest BCUT2D eigenvalue weighted by Gasteiger charge is -2.23. The molecule has 0 aromatic heterocycles. The van der Waals surface area contributed by atoms with Crippen LogP contribution < -0.4 is 0 Å². The molecule has 0 spiro atoms. The molecule has 0 amide bonds. The second-order valence-electron chi connectivity index (χ2n) is 12.9. The van der Waals surface area contributed by atoms with Gasteiger partial charge < -0.3 is 0 Å². The van der Waals surface area contributed by atoms with Crippen LogP contribution in [-0.2, 0) is 13.1 Å². The number of hydrogen-bond donors (Lipinski definition) is 0. The van der Waals surface area contributed by atoms with Crippen LogP contribution in [0.2, 0.25) is 0 Å². The highest BCUT2D eigenvalue weighted by Gasteiger charge is 2.10. The van der Waals surface area contributed by atoms with Gasteiger partial charge in [-0.05, 0) is 86.2 Å². The number of benzene rings is 2. The smallest absolute Gasteiger partial charge is 0.0233 e. The second-order valence-corrected chi connectivity index (χ2v) is 12.9. The molecule has 2 nitrogen and oxygen atoms in total. The van der Waals surface area contributed by atoms with E-state index >= 15 is 0 Å². The predicted molar refractivity (Wildman–Crippen MR) is 188 cm³/mol. The SMILES string of the molecule is CCCCCCCN(CCCCCC)Cc1cccc(-c2cccc(CN(CCCCCC)CCCCCCC)c2)c1. The fourth-order valence-electron chi connectivity index (χ4n) is 6.16. The Bertz CT molecular complexity index is 817. The first kappa shape index (κ1) is 36.6. The standard InChI is InChI=1S/C40H68N2/c1-5-9-13-17-21-31-41(29-19-15-11-7-3)35-37-25-23-27-39(33-37)40-28-24-26-38(34-40)36-42(30-20-16-12-8-4)32-22-18-14-10-6-2/h23-28,33-34H,5-22,29-32,35-36H2,1-4H3. The fraction of sp³-hybridized carbons (Fsp3) is 0.700. The first-order chi connectivity index (χ1) is 20.7. The van der Waals surface area contributed by atoms with Crippen molar-refractivity contribution >= 4 is 0 Å². The molecule has 2 heteroatoms. The Morgan fingerprint density at radius 2 is 0.690 bits per heavy atom. The zero-order valence-corrected chi connectivity index (χ0v) is 28.5. The van der Waals surface area contributed by atoms with E-state index in [1.807, 2.05) is 0 Å². The minimum absolute atomic E-state index is 1.08. The molecule has 0 unspecified atom stereocenters. The molecule has 0 N–H and O–H groups in total. The second kappa shape index (κ2) is 24.8. The van der Waals surface area contributed by atoms with Crippen LogP contribution in [0.3, 0.4) is 0 Å². The van der Waals surface area contributed by atoms with Gasteiger partial charge >= 0.3 is 0 Å². The Morgan fingerprint density at radius 1 is 0.381 bits per heavy atom. The van der Waals surface area contributed by atoms with E-state index in [0.717, 1.165) is 13.1 Å². The van der Waals surface area contributed by atoms with E-state index in [0.29, 0.717) is 0 Å². The van der Waals surface area contributed by atoms with Gasteiger partial charge in [0.15, 0.2) is 0 Å². The Morgan fingerprint density at radius 3 is 1.02 bits per heavy atom. The van der Waals surface area contributed by atoms with Crippen LogP contribution in [0.5, 0.6) is 0 Å². The summed E-state index contributed by atoms with van der Waals surface area (Å²) in [6.45, 7) is 16.3. The van der Waals surface area contributed by atoms with Crippen molar-refractivity contribution in [1.82, 2.24) is 9.80 Å². The first-order valence-corrected chi connectivity index (χ1v) is 18.3. The average molecular weight is 577 g/mol. The van der Waals surface area contributed by atoms with Crippen molar-refractivity contribution in [2.24, 2.45) is 0 Å². The largest absolute Gasteiger partial charge is 0.299 e. The molecule has 0 aliphatic heterocycles. The van der Waals surface area contributed by atoms with Gasteiger partial charge in [0.1, 0.15) is 0 Å². The van der Waals surface area contributed by atoms with Crippen molar-refractivity contribution in [2.75, 3.05) is 26.2 Å². The van der Waals surface area contributed by atoms with Crippen LogP contribution in [0.25, 0.3) is 11.1 Å². The Balaban J connectivity index is 2.04. The minimum atomic E-state index is 1.08. The zero-order chi connectivity index (χ0) is 30.1. The van der Waals surface area contributed by atoms with Crippen molar-refractivity contribution in [3.05, 3.63) is 59.7 Å². The third kappa shape index (κ3) is 16.9. The van der Waals surface area contributed by atoms with Gasteiger partial charge in [-0.2, -0.15) is 0 Å². The van der Waals surface area contributed by atoms with Crippen LogP contribution >= 0.6 is 0 Å². The van der Waals surface area contributed by atoms with Crippen molar-refractivity contribution in [3.8, 4) is 11.1 Å². The highest BCUT2D eigenvalue weighted by molar-refractivity contribution is 5.65. The average Bonchev–Trinajstić information content (AvgIpc) is 3.01. The Labute approximate surface area is 262 Å². The molecular weight excluding hydrogens is 508 g/mol. The molecule has 0 fully saturated rings.